The normalized spacial score (nSPS) is 21.9. The Labute approximate surface area is 161 Å². The average Bonchev–Trinajstić information content (AvgIpc) is 3.04. The number of nitrogens with zero attached hydrogens (tertiary/aromatic N) is 2. The molecule has 0 radical (unpaired) electrons. The van der Waals surface area contributed by atoms with Gasteiger partial charge in [0.15, 0.2) is 10.9 Å². The van der Waals surface area contributed by atoms with Crippen molar-refractivity contribution in [2.45, 2.75) is 18.2 Å². The minimum atomic E-state index is -1.18. The number of Topliss-reactive ketones (excluding diaryl/α,β-unsaturated/α-hetero) is 1. The molecule has 2 atom stereocenters. The maximum atomic E-state index is 12.8. The quantitative estimate of drug-likeness (QED) is 0.443. The first kappa shape index (κ1) is 19.1. The van der Waals surface area contributed by atoms with Crippen molar-refractivity contribution < 1.29 is 29.4 Å². The molecule has 3 rings (SSSR count). The van der Waals surface area contributed by atoms with Crippen molar-refractivity contribution in [1.29, 1.82) is 0 Å². The predicted octanol–water partition coefficient (Wildman–Crippen LogP) is 1.04. The van der Waals surface area contributed by atoms with Crippen LogP contribution in [0.5, 0.6) is 0 Å². The van der Waals surface area contributed by atoms with Crippen LogP contribution in [0.25, 0.3) is 5.57 Å². The highest BCUT2D eigenvalue weighted by Gasteiger charge is 2.52. The average molecular weight is 409 g/mol. The van der Waals surface area contributed by atoms with E-state index in [4.69, 9.17) is 10.8 Å². The SMILES string of the molecule is Nc1nc(/C(=C/CC(=O)O)C(=O)C[C@@H]2C(=O)N3C(C(=O)O)=CCS[C@H]23)cs1. The Balaban J connectivity index is 1.78. The number of carboxylic acids is 2. The number of aromatic nitrogens is 1. The Morgan fingerprint density at radius 1 is 1.37 bits per heavy atom. The third-order valence-corrected chi connectivity index (χ3v) is 6.07. The van der Waals surface area contributed by atoms with Gasteiger partial charge >= 0.3 is 11.9 Å². The van der Waals surface area contributed by atoms with Crippen molar-refractivity contribution in [3.63, 3.8) is 0 Å². The van der Waals surface area contributed by atoms with Gasteiger partial charge in [-0.25, -0.2) is 9.78 Å². The van der Waals surface area contributed by atoms with Crippen LogP contribution in [0, 0.1) is 5.92 Å². The number of rotatable bonds is 7. The summed E-state index contributed by atoms with van der Waals surface area (Å²) in [5, 5.41) is 19.4. The van der Waals surface area contributed by atoms with Gasteiger partial charge < -0.3 is 15.9 Å². The lowest BCUT2D eigenvalue weighted by Crippen LogP contribution is -2.61. The molecule has 1 saturated heterocycles. The highest BCUT2D eigenvalue weighted by atomic mass is 32.2. The largest absolute Gasteiger partial charge is 0.481 e. The molecule has 1 aromatic rings. The topological polar surface area (TPSA) is 151 Å². The second-order valence-corrected chi connectivity index (χ2v) is 7.89. The van der Waals surface area contributed by atoms with Crippen LogP contribution in [0.4, 0.5) is 5.13 Å². The molecule has 1 fully saturated rings. The molecule has 0 spiro atoms. The zero-order chi connectivity index (χ0) is 19.7. The van der Waals surface area contributed by atoms with Crippen LogP contribution in [0.15, 0.2) is 23.2 Å². The number of nitrogens with two attached hydrogens (primary N) is 1. The number of carbonyl (C=O) groups is 4. The molecule has 3 heterocycles. The van der Waals surface area contributed by atoms with E-state index in [1.165, 1.54) is 28.8 Å². The lowest BCUT2D eigenvalue weighted by molar-refractivity contribution is -0.153. The smallest absolute Gasteiger partial charge is 0.352 e. The molecule has 2 aliphatic heterocycles. The summed E-state index contributed by atoms with van der Waals surface area (Å²) in [4.78, 5) is 52.5. The molecule has 4 N–H and O–H groups in total. The second-order valence-electron chi connectivity index (χ2n) is 5.85. The zero-order valence-electron chi connectivity index (χ0n) is 13.8. The van der Waals surface area contributed by atoms with Crippen LogP contribution in [-0.2, 0) is 19.2 Å². The molecule has 27 heavy (non-hydrogen) atoms. The Kier molecular flexibility index (Phi) is 5.33. The zero-order valence-corrected chi connectivity index (χ0v) is 15.5. The number of ketones is 1. The number of β-lactam (4-membered cyclic amide) rings is 1. The molecule has 9 nitrogen and oxygen atoms in total. The summed E-state index contributed by atoms with van der Waals surface area (Å²) in [5.74, 6) is -3.36. The van der Waals surface area contributed by atoms with Crippen molar-refractivity contribution >= 4 is 57.4 Å². The molecule has 0 bridgehead atoms. The van der Waals surface area contributed by atoms with Gasteiger partial charge in [-0.3, -0.25) is 19.3 Å². The number of thioether (sulfide) groups is 1. The van der Waals surface area contributed by atoms with Gasteiger partial charge in [0.2, 0.25) is 5.91 Å². The van der Waals surface area contributed by atoms with Crippen LogP contribution < -0.4 is 5.73 Å². The fraction of sp³-hybridized carbons (Fsp3) is 0.312. The van der Waals surface area contributed by atoms with E-state index in [1.54, 1.807) is 5.38 Å². The molecule has 0 aromatic carbocycles. The van der Waals surface area contributed by atoms with Gasteiger partial charge in [0.1, 0.15) is 5.70 Å². The Morgan fingerprint density at radius 2 is 2.11 bits per heavy atom. The molecule has 0 unspecified atom stereocenters. The van der Waals surface area contributed by atoms with Gasteiger partial charge in [-0.2, -0.15) is 0 Å². The Morgan fingerprint density at radius 3 is 2.70 bits per heavy atom. The number of carbonyl (C=O) groups excluding carboxylic acids is 2. The standard InChI is InChI=1S/C16H15N3O6S2/c17-16-18-9(6-27-16)7(1-2-12(21)22)11(20)5-8-13(23)19-10(15(24)25)3-4-26-14(8)19/h1,3,6,8,14H,2,4-5H2,(H2,17,18)(H,21,22)(H,24,25)/b7-1-/t8-,14-/m1/s1. The molecule has 11 heteroatoms. The number of hydrogen-bond donors (Lipinski definition) is 3. The van der Waals surface area contributed by atoms with Crippen molar-refractivity contribution in [1.82, 2.24) is 9.88 Å². The van der Waals surface area contributed by atoms with E-state index in [2.05, 4.69) is 4.98 Å². The van der Waals surface area contributed by atoms with Crippen LogP contribution >= 0.6 is 23.1 Å². The first-order chi connectivity index (χ1) is 12.8. The van der Waals surface area contributed by atoms with E-state index in [-0.39, 0.29) is 34.9 Å². The third kappa shape index (κ3) is 3.74. The number of carboxylic acid groups (broad SMARTS) is 2. The number of nitrogen functional groups attached to an aromatic ring is 1. The van der Waals surface area contributed by atoms with Gasteiger partial charge in [-0.1, -0.05) is 6.08 Å². The number of amides is 1. The summed E-state index contributed by atoms with van der Waals surface area (Å²) in [7, 11) is 0. The number of aliphatic carboxylic acids is 2. The van der Waals surface area contributed by atoms with Crippen molar-refractivity contribution in [2.75, 3.05) is 11.5 Å². The van der Waals surface area contributed by atoms with Crippen molar-refractivity contribution in [3.05, 3.63) is 28.9 Å². The summed E-state index contributed by atoms with van der Waals surface area (Å²) in [6, 6.07) is 0. The summed E-state index contributed by atoms with van der Waals surface area (Å²) < 4.78 is 0. The number of anilines is 1. The molecule has 0 aliphatic carbocycles. The van der Waals surface area contributed by atoms with Gasteiger partial charge in [-0.15, -0.1) is 23.1 Å². The summed E-state index contributed by atoms with van der Waals surface area (Å²) in [6.07, 6.45) is 2.21. The first-order valence-corrected chi connectivity index (χ1v) is 9.77. The van der Waals surface area contributed by atoms with Crippen molar-refractivity contribution in [3.8, 4) is 0 Å². The third-order valence-electron chi connectivity index (χ3n) is 4.16. The van der Waals surface area contributed by atoms with E-state index in [9.17, 15) is 24.3 Å². The van der Waals surface area contributed by atoms with Crippen LogP contribution in [0.2, 0.25) is 0 Å². The van der Waals surface area contributed by atoms with Gasteiger partial charge in [0.25, 0.3) is 0 Å². The van der Waals surface area contributed by atoms with E-state index in [0.29, 0.717) is 5.75 Å². The van der Waals surface area contributed by atoms with Crippen LogP contribution in [0.3, 0.4) is 0 Å². The predicted molar refractivity (Wildman–Crippen MR) is 98.7 cm³/mol. The maximum absolute atomic E-state index is 12.8. The van der Waals surface area contributed by atoms with E-state index in [1.807, 2.05) is 0 Å². The van der Waals surface area contributed by atoms with Gasteiger partial charge in [-0.05, 0) is 6.08 Å². The van der Waals surface area contributed by atoms with E-state index in [0.717, 1.165) is 11.3 Å². The number of fused-ring (bicyclic) bond motifs is 1. The highest BCUT2D eigenvalue weighted by Crippen LogP contribution is 2.43. The van der Waals surface area contributed by atoms with Gasteiger partial charge in [0.05, 0.1) is 23.4 Å². The molecule has 1 aromatic heterocycles. The van der Waals surface area contributed by atoms with Crippen LogP contribution in [0.1, 0.15) is 18.5 Å². The van der Waals surface area contributed by atoms with E-state index >= 15 is 0 Å². The summed E-state index contributed by atoms with van der Waals surface area (Å²) in [5.41, 5.74) is 5.90. The second kappa shape index (κ2) is 7.53. The fourth-order valence-electron chi connectivity index (χ4n) is 2.94. The number of thiazole rings is 1. The Bertz CT molecular complexity index is 890. The minimum absolute atomic E-state index is 0.0682. The molecular formula is C16H15N3O6S2. The highest BCUT2D eigenvalue weighted by molar-refractivity contribution is 8.00. The van der Waals surface area contributed by atoms with Crippen LogP contribution in [-0.4, -0.2) is 54.9 Å². The lowest BCUT2D eigenvalue weighted by Gasteiger charge is -2.48. The molecule has 142 valence electrons. The lowest BCUT2D eigenvalue weighted by atomic mass is 9.88. The summed E-state index contributed by atoms with van der Waals surface area (Å²) in [6.45, 7) is 0. The minimum Gasteiger partial charge on any atom is -0.481 e. The van der Waals surface area contributed by atoms with Crippen molar-refractivity contribution in [2.24, 2.45) is 5.92 Å². The summed E-state index contributed by atoms with van der Waals surface area (Å²) >= 11 is 2.50. The number of allylic oxidation sites excluding steroid dienone is 1. The first-order valence-electron chi connectivity index (χ1n) is 7.84. The maximum Gasteiger partial charge on any atom is 0.352 e. The van der Waals surface area contributed by atoms with E-state index < -0.39 is 34.9 Å². The fourth-order valence-corrected chi connectivity index (χ4v) is 4.77. The number of hydrogen-bond acceptors (Lipinski definition) is 8. The molecule has 0 saturated carbocycles. The Hall–Kier alpha value is -2.66. The molecular weight excluding hydrogens is 394 g/mol. The molecule has 1 amide bonds. The molecule has 2 aliphatic rings. The van der Waals surface area contributed by atoms with Gasteiger partial charge in [0, 0.05) is 23.1 Å². The monoisotopic (exact) mass is 409 g/mol.